The average Bonchev–Trinajstić information content (AvgIpc) is 3.04. The molecule has 1 aliphatic heterocycles. The average molecular weight is 403 g/mol. The molecule has 5 heteroatoms. The Hall–Kier alpha value is -2.76. The van der Waals surface area contributed by atoms with E-state index >= 15 is 0 Å². The Morgan fingerprint density at radius 1 is 0.893 bits per heavy atom. The van der Waals surface area contributed by atoms with E-state index in [-0.39, 0.29) is 5.91 Å². The maximum atomic E-state index is 13.2. The molecule has 0 radical (unpaired) electrons. The van der Waals surface area contributed by atoms with Crippen molar-refractivity contribution in [1.82, 2.24) is 0 Å². The van der Waals surface area contributed by atoms with Gasteiger partial charge in [0.25, 0.3) is 5.91 Å². The van der Waals surface area contributed by atoms with E-state index in [1.165, 1.54) is 16.7 Å². The molecule has 0 spiro atoms. The van der Waals surface area contributed by atoms with E-state index in [1.54, 1.807) is 16.7 Å². The van der Waals surface area contributed by atoms with Gasteiger partial charge in [0, 0.05) is 4.90 Å². The molecule has 3 aromatic rings. The van der Waals surface area contributed by atoms with Gasteiger partial charge in [-0.1, -0.05) is 48.5 Å². The van der Waals surface area contributed by atoms with Gasteiger partial charge in [0.15, 0.2) is 5.17 Å². The van der Waals surface area contributed by atoms with Crippen molar-refractivity contribution in [2.24, 2.45) is 4.99 Å². The second-order valence-electron chi connectivity index (χ2n) is 6.09. The normalized spacial score (nSPS) is 16.9. The van der Waals surface area contributed by atoms with Crippen molar-refractivity contribution in [3.05, 3.63) is 95.4 Å². The van der Waals surface area contributed by atoms with Crippen LogP contribution >= 0.6 is 23.5 Å². The first-order chi connectivity index (χ1) is 13.7. The monoisotopic (exact) mass is 402 g/mol. The molecule has 1 fully saturated rings. The molecule has 0 N–H and O–H groups in total. The van der Waals surface area contributed by atoms with Crippen molar-refractivity contribution >= 4 is 52.0 Å². The van der Waals surface area contributed by atoms with Crippen LogP contribution in [0.1, 0.15) is 5.56 Å². The Morgan fingerprint density at radius 3 is 2.18 bits per heavy atom. The Bertz CT molecular complexity index is 1030. The summed E-state index contributed by atoms with van der Waals surface area (Å²) in [5.41, 5.74) is 2.64. The van der Waals surface area contributed by atoms with Crippen LogP contribution in [0.15, 0.2) is 99.7 Å². The van der Waals surface area contributed by atoms with Crippen molar-refractivity contribution in [2.45, 2.75) is 4.90 Å². The summed E-state index contributed by atoms with van der Waals surface area (Å²) in [6.45, 7) is 0. The maximum Gasteiger partial charge on any atom is 0.271 e. The summed E-state index contributed by atoms with van der Waals surface area (Å²) in [6.07, 6.45) is 3.98. The van der Waals surface area contributed by atoms with Crippen LogP contribution in [-0.4, -0.2) is 17.3 Å². The number of amides is 1. The molecular weight excluding hydrogens is 384 g/mol. The summed E-state index contributed by atoms with van der Waals surface area (Å²) >= 11 is 3.10. The molecule has 0 aliphatic carbocycles. The lowest BCUT2D eigenvalue weighted by Crippen LogP contribution is -2.28. The van der Waals surface area contributed by atoms with E-state index in [1.807, 2.05) is 85.1 Å². The Balaban J connectivity index is 1.73. The molecule has 1 saturated heterocycles. The third-order valence-electron chi connectivity index (χ3n) is 4.22. The molecule has 1 heterocycles. The minimum atomic E-state index is -0.0557. The number of benzene rings is 3. The van der Waals surface area contributed by atoms with Crippen LogP contribution in [0.5, 0.6) is 0 Å². The Kier molecular flexibility index (Phi) is 5.65. The van der Waals surface area contributed by atoms with E-state index in [4.69, 9.17) is 4.99 Å². The summed E-state index contributed by atoms with van der Waals surface area (Å²) in [6, 6.07) is 27.5. The van der Waals surface area contributed by atoms with E-state index in [2.05, 4.69) is 12.1 Å². The number of hydrogen-bond acceptors (Lipinski definition) is 4. The minimum absolute atomic E-state index is 0.0557. The number of thioether (sulfide) groups is 2. The van der Waals surface area contributed by atoms with Crippen LogP contribution in [0.3, 0.4) is 0 Å². The Morgan fingerprint density at radius 2 is 1.54 bits per heavy atom. The molecule has 3 nitrogen and oxygen atoms in total. The Labute approximate surface area is 173 Å². The van der Waals surface area contributed by atoms with Gasteiger partial charge in [0.2, 0.25) is 0 Å². The van der Waals surface area contributed by atoms with Gasteiger partial charge < -0.3 is 0 Å². The number of hydrogen-bond donors (Lipinski definition) is 0. The molecule has 0 unspecified atom stereocenters. The predicted molar refractivity (Wildman–Crippen MR) is 121 cm³/mol. The molecule has 0 saturated carbocycles. The number of carbonyl (C=O) groups is 1. The van der Waals surface area contributed by atoms with E-state index < -0.39 is 0 Å². The first kappa shape index (κ1) is 18.6. The first-order valence-corrected chi connectivity index (χ1v) is 10.9. The lowest BCUT2D eigenvalue weighted by atomic mass is 10.2. The van der Waals surface area contributed by atoms with Gasteiger partial charge in [-0.3, -0.25) is 9.69 Å². The van der Waals surface area contributed by atoms with Crippen molar-refractivity contribution < 1.29 is 4.79 Å². The van der Waals surface area contributed by atoms with Gasteiger partial charge >= 0.3 is 0 Å². The largest absolute Gasteiger partial charge is 0.271 e. The van der Waals surface area contributed by atoms with Crippen LogP contribution < -0.4 is 4.90 Å². The van der Waals surface area contributed by atoms with Crippen LogP contribution in [0, 0.1) is 0 Å². The molecule has 1 amide bonds. The zero-order valence-corrected chi connectivity index (χ0v) is 16.9. The fraction of sp³-hybridized carbons (Fsp3) is 0.0435. The van der Waals surface area contributed by atoms with Gasteiger partial charge in [-0.25, -0.2) is 4.99 Å². The summed E-state index contributed by atoms with van der Waals surface area (Å²) in [5, 5.41) is 0.661. The second-order valence-corrected chi connectivity index (χ2v) is 7.98. The second kappa shape index (κ2) is 8.50. The predicted octanol–water partition coefficient (Wildman–Crippen LogP) is 6.22. The van der Waals surface area contributed by atoms with Gasteiger partial charge in [-0.05, 0) is 66.1 Å². The quantitative estimate of drug-likeness (QED) is 0.384. The number of amidine groups is 1. The number of nitrogens with zero attached hydrogens (tertiary/aromatic N) is 2. The molecule has 138 valence electrons. The van der Waals surface area contributed by atoms with Gasteiger partial charge in [0.05, 0.1) is 16.3 Å². The lowest BCUT2D eigenvalue weighted by Gasteiger charge is -2.15. The molecular formula is C23H18N2OS2. The fourth-order valence-corrected chi connectivity index (χ4v) is 4.23. The summed E-state index contributed by atoms with van der Waals surface area (Å²) in [7, 11) is 0. The van der Waals surface area contributed by atoms with Crippen LogP contribution in [0.4, 0.5) is 11.4 Å². The van der Waals surface area contributed by atoms with Gasteiger partial charge in [-0.2, -0.15) is 0 Å². The maximum absolute atomic E-state index is 13.2. The summed E-state index contributed by atoms with van der Waals surface area (Å²) in [5.74, 6) is -0.0557. The number of para-hydroxylation sites is 2. The highest BCUT2D eigenvalue weighted by Gasteiger charge is 2.34. The van der Waals surface area contributed by atoms with Crippen molar-refractivity contribution in [1.29, 1.82) is 0 Å². The van der Waals surface area contributed by atoms with E-state index in [0.29, 0.717) is 10.1 Å². The molecule has 0 atom stereocenters. The summed E-state index contributed by atoms with van der Waals surface area (Å²) < 4.78 is 0. The van der Waals surface area contributed by atoms with E-state index in [9.17, 15) is 4.79 Å². The molecule has 0 aromatic heterocycles. The van der Waals surface area contributed by atoms with Crippen LogP contribution in [0.2, 0.25) is 0 Å². The number of rotatable bonds is 4. The molecule has 28 heavy (non-hydrogen) atoms. The highest BCUT2D eigenvalue weighted by Crippen LogP contribution is 2.37. The van der Waals surface area contributed by atoms with E-state index in [0.717, 1.165) is 16.9 Å². The zero-order chi connectivity index (χ0) is 19.3. The fourth-order valence-electron chi connectivity index (χ4n) is 2.82. The van der Waals surface area contributed by atoms with Gasteiger partial charge in [0.1, 0.15) is 0 Å². The standard InChI is InChI=1S/C23H18N2OS2/c1-27-20-14-12-17(13-15-20)16-21-22(26)25(19-10-6-3-7-11-19)23(28-21)24-18-8-4-2-5-9-18/h2-16H,1H3. The first-order valence-electron chi connectivity index (χ1n) is 8.81. The molecule has 0 bridgehead atoms. The number of aliphatic imine (C=N–C) groups is 1. The zero-order valence-electron chi connectivity index (χ0n) is 15.3. The summed E-state index contributed by atoms with van der Waals surface area (Å²) in [4.78, 5) is 21.5. The highest BCUT2D eigenvalue weighted by atomic mass is 32.2. The van der Waals surface area contributed by atoms with Crippen LogP contribution in [0.25, 0.3) is 6.08 Å². The highest BCUT2D eigenvalue weighted by molar-refractivity contribution is 8.19. The third-order valence-corrected chi connectivity index (χ3v) is 5.93. The number of anilines is 1. The van der Waals surface area contributed by atoms with Crippen molar-refractivity contribution in [3.63, 3.8) is 0 Å². The minimum Gasteiger partial charge on any atom is -0.268 e. The van der Waals surface area contributed by atoms with Crippen LogP contribution in [-0.2, 0) is 4.79 Å². The van der Waals surface area contributed by atoms with Crippen molar-refractivity contribution in [3.8, 4) is 0 Å². The van der Waals surface area contributed by atoms with Crippen molar-refractivity contribution in [2.75, 3.05) is 11.2 Å². The topological polar surface area (TPSA) is 32.7 Å². The SMILES string of the molecule is CSc1ccc(C=C2SC(=Nc3ccccc3)N(c3ccccc3)C2=O)cc1. The van der Waals surface area contributed by atoms with Gasteiger partial charge in [-0.15, -0.1) is 11.8 Å². The third kappa shape index (κ3) is 4.06. The lowest BCUT2D eigenvalue weighted by molar-refractivity contribution is -0.113. The molecule has 1 aliphatic rings. The number of carbonyl (C=O) groups excluding carboxylic acids is 1. The smallest absolute Gasteiger partial charge is 0.268 e. The molecule has 3 aromatic carbocycles. The molecule has 4 rings (SSSR count).